The van der Waals surface area contributed by atoms with E-state index in [0.29, 0.717) is 39.4 Å². The minimum atomic E-state index is -0.320. The highest BCUT2D eigenvalue weighted by Crippen LogP contribution is 2.33. The quantitative estimate of drug-likeness (QED) is 0.177. The molecule has 6 aromatic rings. The molecule has 0 bridgehead atoms. The number of benzene rings is 2. The third-order valence-electron chi connectivity index (χ3n) is 6.73. The lowest BCUT2D eigenvalue weighted by atomic mass is 10.1. The Labute approximate surface area is 241 Å². The van der Waals surface area contributed by atoms with E-state index < -0.39 is 0 Å². The van der Waals surface area contributed by atoms with Crippen LogP contribution >= 0.6 is 0 Å². The molecule has 0 radical (unpaired) electrons. The number of halogens is 1. The van der Waals surface area contributed by atoms with Crippen molar-refractivity contribution in [3.63, 3.8) is 0 Å². The monoisotopic (exact) mass is 554 g/mol. The van der Waals surface area contributed by atoms with Crippen LogP contribution in [0.25, 0.3) is 50.2 Å². The first kappa shape index (κ1) is 26.6. The van der Waals surface area contributed by atoms with Gasteiger partial charge in [-0.3, -0.25) is 14.9 Å². The van der Waals surface area contributed by atoms with Crippen LogP contribution in [-0.2, 0) is 0 Å². The summed E-state index contributed by atoms with van der Waals surface area (Å²) in [6, 6.07) is 23.1. The van der Waals surface area contributed by atoms with Gasteiger partial charge in [0.1, 0.15) is 17.0 Å². The number of hydrogen-bond acceptors (Lipinski definition) is 4. The molecule has 0 aliphatic heterocycles. The van der Waals surface area contributed by atoms with E-state index in [4.69, 9.17) is 4.98 Å². The maximum atomic E-state index is 14.0. The highest BCUT2D eigenvalue weighted by molar-refractivity contribution is 5.99. The fraction of sp³-hybridized carbons (Fsp3) is 0.0588. The maximum Gasteiger partial charge on any atom is 0.255 e. The molecule has 0 fully saturated rings. The molecular formula is C34H27FN6O. The van der Waals surface area contributed by atoms with E-state index in [2.05, 4.69) is 32.1 Å². The van der Waals surface area contributed by atoms with E-state index in [-0.39, 0.29) is 11.7 Å². The summed E-state index contributed by atoms with van der Waals surface area (Å²) in [5.41, 5.74) is 8.60. The summed E-state index contributed by atoms with van der Waals surface area (Å²) in [7, 11) is 0. The maximum absolute atomic E-state index is 14.0. The van der Waals surface area contributed by atoms with Gasteiger partial charge in [-0.25, -0.2) is 9.37 Å². The third kappa shape index (κ3) is 5.38. The number of pyridine rings is 2. The smallest absolute Gasteiger partial charge is 0.255 e. The molecule has 2 aromatic carbocycles. The number of rotatable bonds is 7. The minimum absolute atomic E-state index is 0.189. The van der Waals surface area contributed by atoms with E-state index in [1.807, 2.05) is 74.5 Å². The predicted molar refractivity (Wildman–Crippen MR) is 165 cm³/mol. The summed E-state index contributed by atoms with van der Waals surface area (Å²) in [6.45, 7) is 7.78. The van der Waals surface area contributed by atoms with Crippen molar-refractivity contribution in [3.05, 3.63) is 132 Å². The predicted octanol–water partition coefficient (Wildman–Crippen LogP) is 7.60. The molecule has 4 aromatic heterocycles. The Hall–Kier alpha value is -5.63. The SMILES string of the molecule is C=C(C)/C=C(\C=C(/C)NC(=O)c1ccccc1)c1ccc2[nH]nc(-c3cc4c(-c5cccc(F)c5)nccc4[nH]3)c2n1. The molecule has 42 heavy (non-hydrogen) atoms. The van der Waals surface area contributed by atoms with Crippen LogP contribution in [0.2, 0.25) is 0 Å². The fourth-order valence-corrected chi connectivity index (χ4v) is 4.86. The van der Waals surface area contributed by atoms with Crippen molar-refractivity contribution in [3.8, 4) is 22.6 Å². The third-order valence-corrected chi connectivity index (χ3v) is 6.73. The van der Waals surface area contributed by atoms with Crippen molar-refractivity contribution in [2.24, 2.45) is 0 Å². The Kier molecular flexibility index (Phi) is 7.02. The van der Waals surface area contributed by atoms with E-state index in [1.54, 1.807) is 24.4 Å². The molecule has 4 heterocycles. The Balaban J connectivity index is 1.38. The van der Waals surface area contributed by atoms with Crippen molar-refractivity contribution in [1.82, 2.24) is 30.5 Å². The molecule has 0 aliphatic carbocycles. The molecule has 6 rings (SSSR count). The second-order valence-corrected chi connectivity index (χ2v) is 10.1. The van der Waals surface area contributed by atoms with E-state index in [1.165, 1.54) is 12.1 Å². The average Bonchev–Trinajstić information content (AvgIpc) is 3.60. The fourth-order valence-electron chi connectivity index (χ4n) is 4.86. The summed E-state index contributed by atoms with van der Waals surface area (Å²) >= 11 is 0. The number of aromatic amines is 2. The van der Waals surface area contributed by atoms with Gasteiger partial charge in [-0.2, -0.15) is 5.10 Å². The van der Waals surface area contributed by atoms with Gasteiger partial charge < -0.3 is 10.3 Å². The molecule has 0 atom stereocenters. The average molecular weight is 555 g/mol. The largest absolute Gasteiger partial charge is 0.353 e. The number of carbonyl (C=O) groups excluding carboxylic acids is 1. The van der Waals surface area contributed by atoms with Crippen LogP contribution in [0.3, 0.4) is 0 Å². The Bertz CT molecular complexity index is 2030. The molecule has 0 aliphatic rings. The molecule has 0 saturated heterocycles. The van der Waals surface area contributed by atoms with Crippen LogP contribution in [0.15, 0.2) is 115 Å². The minimum Gasteiger partial charge on any atom is -0.353 e. The first-order valence-corrected chi connectivity index (χ1v) is 13.4. The summed E-state index contributed by atoms with van der Waals surface area (Å²) in [4.78, 5) is 25.6. The number of nitrogens with one attached hydrogen (secondary N) is 3. The van der Waals surface area contributed by atoms with Gasteiger partial charge in [-0.15, -0.1) is 0 Å². The molecule has 206 valence electrons. The number of carbonyl (C=O) groups is 1. The van der Waals surface area contributed by atoms with Gasteiger partial charge in [-0.1, -0.05) is 48.6 Å². The Morgan fingerprint density at radius 1 is 0.929 bits per heavy atom. The first-order chi connectivity index (χ1) is 20.4. The summed E-state index contributed by atoms with van der Waals surface area (Å²) in [6.07, 6.45) is 5.50. The van der Waals surface area contributed by atoms with Crippen LogP contribution in [0.5, 0.6) is 0 Å². The molecule has 7 nitrogen and oxygen atoms in total. The van der Waals surface area contributed by atoms with Crippen molar-refractivity contribution in [2.75, 3.05) is 0 Å². The summed E-state index contributed by atoms with van der Waals surface area (Å²) in [5.74, 6) is -0.509. The number of nitrogens with zero attached hydrogens (tertiary/aromatic N) is 3. The standard InChI is InChI=1S/C34H27FN6O/c1-20(2)16-24(17-21(3)37-34(42)22-8-5-4-6-9-22)27-12-13-29-32(39-27)33(41-40-29)30-19-26-28(38-30)14-15-36-31(26)23-10-7-11-25(35)18-23/h4-19,38H,1H2,2-3H3,(H,37,42)(H,40,41)/b21-17+,24-16+. The normalized spacial score (nSPS) is 12.2. The summed E-state index contributed by atoms with van der Waals surface area (Å²) < 4.78 is 14.0. The molecule has 0 spiro atoms. The van der Waals surface area contributed by atoms with E-state index >= 15 is 0 Å². The number of hydrogen-bond donors (Lipinski definition) is 3. The van der Waals surface area contributed by atoms with Crippen molar-refractivity contribution < 1.29 is 9.18 Å². The Morgan fingerprint density at radius 3 is 2.55 bits per heavy atom. The van der Waals surface area contributed by atoms with Crippen LogP contribution < -0.4 is 5.32 Å². The van der Waals surface area contributed by atoms with Crippen molar-refractivity contribution >= 4 is 33.4 Å². The second kappa shape index (κ2) is 11.1. The zero-order valence-electron chi connectivity index (χ0n) is 23.1. The number of amides is 1. The van der Waals surface area contributed by atoms with Crippen LogP contribution in [-0.4, -0.2) is 31.1 Å². The second-order valence-electron chi connectivity index (χ2n) is 10.1. The number of H-pyrrole nitrogens is 2. The highest BCUT2D eigenvalue weighted by Gasteiger charge is 2.17. The van der Waals surface area contributed by atoms with Gasteiger partial charge in [0, 0.05) is 39.5 Å². The van der Waals surface area contributed by atoms with Gasteiger partial charge in [0.2, 0.25) is 0 Å². The lowest BCUT2D eigenvalue weighted by molar-refractivity contribution is 0.0966. The number of fused-ring (bicyclic) bond motifs is 2. The van der Waals surface area contributed by atoms with Crippen molar-refractivity contribution in [1.29, 1.82) is 0 Å². The number of aromatic nitrogens is 5. The van der Waals surface area contributed by atoms with Gasteiger partial charge in [0.15, 0.2) is 0 Å². The zero-order valence-corrected chi connectivity index (χ0v) is 23.1. The van der Waals surface area contributed by atoms with Gasteiger partial charge in [-0.05, 0) is 68.5 Å². The topological polar surface area (TPSA) is 99.4 Å². The first-order valence-electron chi connectivity index (χ1n) is 13.4. The van der Waals surface area contributed by atoms with Crippen LogP contribution in [0, 0.1) is 5.82 Å². The Morgan fingerprint density at radius 2 is 1.76 bits per heavy atom. The summed E-state index contributed by atoms with van der Waals surface area (Å²) in [5, 5.41) is 11.4. The van der Waals surface area contributed by atoms with Gasteiger partial charge in [0.05, 0.1) is 22.6 Å². The molecule has 1 amide bonds. The zero-order chi connectivity index (χ0) is 29.2. The van der Waals surface area contributed by atoms with Crippen molar-refractivity contribution in [2.45, 2.75) is 13.8 Å². The van der Waals surface area contributed by atoms with Crippen LogP contribution in [0.1, 0.15) is 29.9 Å². The lowest BCUT2D eigenvalue weighted by Crippen LogP contribution is -2.21. The lowest BCUT2D eigenvalue weighted by Gasteiger charge is -2.08. The molecule has 3 N–H and O–H groups in total. The van der Waals surface area contributed by atoms with E-state index in [9.17, 15) is 9.18 Å². The van der Waals surface area contributed by atoms with Gasteiger partial charge in [0.25, 0.3) is 5.91 Å². The number of allylic oxidation sites excluding steroid dienone is 5. The molecule has 8 heteroatoms. The highest BCUT2D eigenvalue weighted by atomic mass is 19.1. The van der Waals surface area contributed by atoms with Crippen LogP contribution in [0.4, 0.5) is 4.39 Å². The van der Waals surface area contributed by atoms with E-state index in [0.717, 1.165) is 33.3 Å². The molecule has 0 saturated carbocycles. The molecular weight excluding hydrogens is 527 g/mol. The van der Waals surface area contributed by atoms with Gasteiger partial charge >= 0.3 is 0 Å². The molecule has 0 unspecified atom stereocenters.